The van der Waals surface area contributed by atoms with Gasteiger partial charge in [-0.1, -0.05) is 29.8 Å². The average Bonchev–Trinajstić information content (AvgIpc) is 2.66. The van der Waals surface area contributed by atoms with E-state index in [-0.39, 0.29) is 17.7 Å². The number of carbonyl (C=O) groups excluding carboxylic acids is 1. The van der Waals surface area contributed by atoms with E-state index in [4.69, 9.17) is 25.8 Å². The van der Waals surface area contributed by atoms with E-state index >= 15 is 0 Å². The van der Waals surface area contributed by atoms with Gasteiger partial charge in [-0.2, -0.15) is 0 Å². The lowest BCUT2D eigenvalue weighted by atomic mass is 10.1. The molecule has 0 fully saturated rings. The molecule has 4 aromatic rings. The number of nitrogens with one attached hydrogen (secondary N) is 2. The van der Waals surface area contributed by atoms with Crippen molar-refractivity contribution in [3.8, 4) is 0 Å². The molecular weight excluding hydrogens is 380 g/mol. The maximum atomic E-state index is 12.6. The first-order valence-corrected chi connectivity index (χ1v) is 8.89. The molecule has 28 heavy (non-hydrogen) atoms. The molecule has 2 aromatic heterocycles. The fourth-order valence-corrected chi connectivity index (χ4v) is 3.27. The van der Waals surface area contributed by atoms with E-state index in [1.807, 2.05) is 6.07 Å². The average molecular weight is 395 g/mol. The van der Waals surface area contributed by atoms with Crippen LogP contribution in [0.2, 0.25) is 5.02 Å². The number of fused-ring (bicyclic) bond motifs is 3. The predicted octanol–water partition coefficient (Wildman–Crippen LogP) is 3.91. The van der Waals surface area contributed by atoms with E-state index in [9.17, 15) is 9.59 Å². The fraction of sp³-hybridized carbons (Fsp3) is 0.0952. The second-order valence-electron chi connectivity index (χ2n) is 6.37. The molecule has 2 heterocycles. The van der Waals surface area contributed by atoms with Crippen LogP contribution in [0.1, 0.15) is 21.5 Å². The SMILES string of the molecule is Cc1cc(=O)oc2c1ccc1oc(=N)c(C(=O)NCc3ccccc3Cl)cc12. The monoisotopic (exact) mass is 394 g/mol. The normalized spacial score (nSPS) is 11.1. The van der Waals surface area contributed by atoms with Crippen molar-refractivity contribution >= 4 is 39.4 Å². The van der Waals surface area contributed by atoms with Gasteiger partial charge >= 0.3 is 5.63 Å². The molecule has 2 aromatic carbocycles. The van der Waals surface area contributed by atoms with E-state index in [1.54, 1.807) is 37.3 Å². The van der Waals surface area contributed by atoms with Crippen molar-refractivity contribution < 1.29 is 13.6 Å². The molecule has 0 aliphatic carbocycles. The van der Waals surface area contributed by atoms with E-state index < -0.39 is 11.5 Å². The maximum Gasteiger partial charge on any atom is 0.336 e. The number of hydrogen-bond donors (Lipinski definition) is 2. The minimum absolute atomic E-state index is 0.0382. The smallest absolute Gasteiger partial charge is 0.336 e. The Labute approximate surface area is 163 Å². The van der Waals surface area contributed by atoms with E-state index in [2.05, 4.69) is 5.32 Å². The molecule has 4 rings (SSSR count). The predicted molar refractivity (Wildman–Crippen MR) is 105 cm³/mol. The van der Waals surface area contributed by atoms with Crippen LogP contribution < -0.4 is 16.5 Å². The number of carbonyl (C=O) groups is 1. The summed E-state index contributed by atoms with van der Waals surface area (Å²) < 4.78 is 10.8. The molecule has 0 atom stereocenters. The highest BCUT2D eigenvalue weighted by Crippen LogP contribution is 2.26. The first-order chi connectivity index (χ1) is 13.4. The second kappa shape index (κ2) is 6.98. The summed E-state index contributed by atoms with van der Waals surface area (Å²) >= 11 is 6.11. The third-order valence-electron chi connectivity index (χ3n) is 4.51. The van der Waals surface area contributed by atoms with Crippen molar-refractivity contribution in [3.63, 3.8) is 0 Å². The maximum absolute atomic E-state index is 12.6. The molecule has 7 heteroatoms. The van der Waals surface area contributed by atoms with Crippen LogP contribution in [0.4, 0.5) is 0 Å². The largest absolute Gasteiger partial charge is 0.438 e. The van der Waals surface area contributed by atoms with Crippen LogP contribution in [0.25, 0.3) is 21.9 Å². The second-order valence-corrected chi connectivity index (χ2v) is 6.77. The molecule has 0 spiro atoms. The van der Waals surface area contributed by atoms with Crippen LogP contribution >= 0.6 is 11.6 Å². The van der Waals surface area contributed by atoms with Gasteiger partial charge in [0.1, 0.15) is 16.7 Å². The summed E-state index contributed by atoms with van der Waals surface area (Å²) in [6.07, 6.45) is 0. The van der Waals surface area contributed by atoms with Gasteiger partial charge < -0.3 is 14.2 Å². The zero-order valence-electron chi connectivity index (χ0n) is 14.8. The van der Waals surface area contributed by atoms with Gasteiger partial charge in [-0.05, 0) is 42.3 Å². The Balaban J connectivity index is 1.78. The summed E-state index contributed by atoms with van der Waals surface area (Å²) in [5, 5.41) is 12.5. The summed E-state index contributed by atoms with van der Waals surface area (Å²) in [5.41, 5.74) is 1.47. The number of aryl methyl sites for hydroxylation is 1. The van der Waals surface area contributed by atoms with Gasteiger partial charge in [0, 0.05) is 23.0 Å². The molecule has 2 N–H and O–H groups in total. The zero-order valence-corrected chi connectivity index (χ0v) is 15.6. The third-order valence-corrected chi connectivity index (χ3v) is 4.87. The number of benzene rings is 2. The van der Waals surface area contributed by atoms with Crippen LogP contribution in [-0.4, -0.2) is 5.91 Å². The molecule has 0 aliphatic heterocycles. The Morgan fingerprint density at radius 1 is 1.11 bits per heavy atom. The van der Waals surface area contributed by atoms with Crippen molar-refractivity contribution in [3.05, 3.63) is 86.2 Å². The quantitative estimate of drug-likeness (QED) is 0.406. The van der Waals surface area contributed by atoms with Crippen LogP contribution in [0.15, 0.2) is 62.2 Å². The van der Waals surface area contributed by atoms with Gasteiger partial charge in [0.15, 0.2) is 0 Å². The molecule has 0 saturated heterocycles. The standard InChI is InChI=1S/C21H15ClN2O4/c1-11-8-18(25)28-19-13(11)6-7-17-14(19)9-15(20(23)27-17)21(26)24-10-12-4-2-3-5-16(12)22/h2-9,23H,10H2,1H3,(H,24,26). The highest BCUT2D eigenvalue weighted by Gasteiger charge is 2.15. The van der Waals surface area contributed by atoms with Gasteiger partial charge in [-0.3, -0.25) is 10.2 Å². The molecule has 0 radical (unpaired) electrons. The van der Waals surface area contributed by atoms with Crippen LogP contribution in [0.5, 0.6) is 0 Å². The summed E-state index contributed by atoms with van der Waals surface area (Å²) in [5.74, 6) is -0.484. The first-order valence-electron chi connectivity index (χ1n) is 8.51. The van der Waals surface area contributed by atoms with Gasteiger partial charge in [0.05, 0.1) is 5.39 Å². The molecule has 0 bridgehead atoms. The lowest BCUT2D eigenvalue weighted by Crippen LogP contribution is -2.28. The summed E-state index contributed by atoms with van der Waals surface area (Å²) in [6.45, 7) is 2.01. The number of rotatable bonds is 3. The van der Waals surface area contributed by atoms with Crippen LogP contribution in [0.3, 0.4) is 0 Å². The molecular formula is C21H15ClN2O4. The highest BCUT2D eigenvalue weighted by atomic mass is 35.5. The summed E-state index contributed by atoms with van der Waals surface area (Å²) in [6, 6.07) is 13.5. The Morgan fingerprint density at radius 3 is 2.68 bits per heavy atom. The lowest BCUT2D eigenvalue weighted by Gasteiger charge is -2.09. The highest BCUT2D eigenvalue weighted by molar-refractivity contribution is 6.31. The molecule has 0 unspecified atom stereocenters. The molecule has 0 saturated carbocycles. The minimum atomic E-state index is -0.489. The van der Waals surface area contributed by atoms with Crippen molar-refractivity contribution in [2.45, 2.75) is 13.5 Å². The zero-order chi connectivity index (χ0) is 19.8. The lowest BCUT2D eigenvalue weighted by molar-refractivity contribution is 0.0946. The van der Waals surface area contributed by atoms with E-state index in [0.717, 1.165) is 16.5 Å². The van der Waals surface area contributed by atoms with Crippen molar-refractivity contribution in [1.82, 2.24) is 5.32 Å². The van der Waals surface area contributed by atoms with E-state index in [0.29, 0.717) is 21.6 Å². The van der Waals surface area contributed by atoms with Gasteiger partial charge in [0.2, 0.25) is 5.55 Å². The fourth-order valence-electron chi connectivity index (χ4n) is 3.07. The molecule has 1 amide bonds. The van der Waals surface area contributed by atoms with E-state index in [1.165, 1.54) is 12.1 Å². The Hall–Kier alpha value is -3.38. The van der Waals surface area contributed by atoms with Gasteiger partial charge in [-0.25, -0.2) is 4.79 Å². The molecule has 140 valence electrons. The number of halogens is 1. The first kappa shape index (κ1) is 18.0. The van der Waals surface area contributed by atoms with Crippen LogP contribution in [0, 0.1) is 12.3 Å². The summed E-state index contributed by atoms with van der Waals surface area (Å²) in [7, 11) is 0. The Kier molecular flexibility index (Phi) is 4.49. The number of hydrogen-bond acceptors (Lipinski definition) is 5. The Bertz CT molecular complexity index is 1350. The number of amides is 1. The minimum Gasteiger partial charge on any atom is -0.438 e. The topological polar surface area (TPSA) is 96.3 Å². The van der Waals surface area contributed by atoms with Crippen molar-refractivity contribution in [2.75, 3.05) is 0 Å². The molecule has 6 nitrogen and oxygen atoms in total. The van der Waals surface area contributed by atoms with Gasteiger partial charge in [0.25, 0.3) is 5.91 Å². The van der Waals surface area contributed by atoms with Crippen molar-refractivity contribution in [1.29, 1.82) is 5.41 Å². The van der Waals surface area contributed by atoms with Crippen LogP contribution in [-0.2, 0) is 6.54 Å². The summed E-state index contributed by atoms with van der Waals surface area (Å²) in [4.78, 5) is 24.4. The van der Waals surface area contributed by atoms with Crippen molar-refractivity contribution in [2.24, 2.45) is 0 Å². The van der Waals surface area contributed by atoms with Gasteiger partial charge in [-0.15, -0.1) is 0 Å². The Morgan fingerprint density at radius 2 is 1.89 bits per heavy atom. The molecule has 0 aliphatic rings. The third kappa shape index (κ3) is 3.18.